The van der Waals surface area contributed by atoms with Crippen molar-refractivity contribution in [2.45, 2.75) is 188 Å². The van der Waals surface area contributed by atoms with Crippen molar-refractivity contribution in [3.05, 3.63) is 0 Å². The molecule has 3 aliphatic heterocycles. The number of carbonyl (C=O) groups is 4. The van der Waals surface area contributed by atoms with Crippen LogP contribution in [0.25, 0.3) is 0 Å². The quantitative estimate of drug-likeness (QED) is 0.233. The Balaban J connectivity index is 2.21. The fraction of sp³-hybridized carbons (Fsp3) is 0.905. The molecule has 0 aromatic carbocycles. The van der Waals surface area contributed by atoms with Crippen molar-refractivity contribution in [2.75, 3.05) is 14.2 Å². The Morgan fingerprint density at radius 3 is 1.98 bits per heavy atom. The van der Waals surface area contributed by atoms with E-state index in [1.807, 2.05) is 27.7 Å². The Hall–Kier alpha value is -2.24. The Morgan fingerprint density at radius 2 is 1.44 bits per heavy atom. The molecule has 0 aromatic heterocycles. The molecule has 0 amide bonds. The molecule has 0 aromatic rings. The van der Waals surface area contributed by atoms with E-state index in [9.17, 15) is 29.4 Å². The third-order valence-corrected chi connectivity index (χ3v) is 12.7. The van der Waals surface area contributed by atoms with Gasteiger partial charge in [0, 0.05) is 64.6 Å². The molecule has 0 aliphatic carbocycles. The molecule has 3 rings (SSSR count). The summed E-state index contributed by atoms with van der Waals surface area (Å²) in [7, 11) is 3.03. The molecule has 2 N–H and O–H groups in total. The average Bonchev–Trinajstić information content (AvgIpc) is 3.14. The van der Waals surface area contributed by atoms with Gasteiger partial charge in [-0.2, -0.15) is 0 Å². The maximum atomic E-state index is 14.6. The summed E-state index contributed by atoms with van der Waals surface area (Å²) in [4.78, 5) is 53.4. The number of aliphatic hydroxyl groups excluding tert-OH is 2. The van der Waals surface area contributed by atoms with E-state index in [0.717, 1.165) is 0 Å². The van der Waals surface area contributed by atoms with Crippen molar-refractivity contribution in [1.29, 1.82) is 0 Å². The lowest BCUT2D eigenvalue weighted by Crippen LogP contribution is -2.59. The van der Waals surface area contributed by atoms with Crippen LogP contribution in [-0.4, -0.2) is 127 Å². The second kappa shape index (κ2) is 20.8. The molecule has 57 heavy (non-hydrogen) atoms. The molecule has 0 bridgehead atoms. The van der Waals surface area contributed by atoms with E-state index in [1.165, 1.54) is 28.1 Å². The van der Waals surface area contributed by atoms with Crippen LogP contribution in [0.3, 0.4) is 0 Å². The van der Waals surface area contributed by atoms with Gasteiger partial charge in [-0.15, -0.1) is 0 Å². The summed E-state index contributed by atoms with van der Waals surface area (Å²) in [6.07, 6.45) is -9.24. The number of cyclic esters (lactones) is 1. The van der Waals surface area contributed by atoms with Crippen molar-refractivity contribution in [2.24, 2.45) is 41.4 Å². The number of esters is 3. The molecule has 20 unspecified atom stereocenters. The van der Waals surface area contributed by atoms with E-state index in [2.05, 4.69) is 0 Å². The lowest BCUT2D eigenvalue weighted by molar-refractivity contribution is -0.313. The van der Waals surface area contributed by atoms with Crippen LogP contribution in [0.5, 0.6) is 0 Å². The van der Waals surface area contributed by atoms with Crippen LogP contribution in [0, 0.1) is 41.4 Å². The second-order valence-electron chi connectivity index (χ2n) is 17.4. The number of rotatable bonds is 10. The number of methoxy groups -OCH3 is 2. The van der Waals surface area contributed by atoms with E-state index in [4.69, 9.17) is 42.6 Å². The number of hydrogen-bond donors (Lipinski definition) is 2. The molecule has 3 fully saturated rings. The van der Waals surface area contributed by atoms with Gasteiger partial charge in [-0.3, -0.25) is 19.2 Å². The summed E-state index contributed by atoms with van der Waals surface area (Å²) in [5, 5.41) is 22.2. The molecular formula is C42H72O15. The number of ether oxygens (including phenoxy) is 9. The third-order valence-electron chi connectivity index (χ3n) is 12.7. The van der Waals surface area contributed by atoms with Gasteiger partial charge < -0.3 is 52.8 Å². The van der Waals surface area contributed by atoms with Gasteiger partial charge in [-0.25, -0.2) is 0 Å². The van der Waals surface area contributed by atoms with Crippen molar-refractivity contribution >= 4 is 23.7 Å². The molecule has 3 heterocycles. The van der Waals surface area contributed by atoms with Gasteiger partial charge in [-0.05, 0) is 47.0 Å². The van der Waals surface area contributed by atoms with Crippen LogP contribution in [0.15, 0.2) is 0 Å². The highest BCUT2D eigenvalue weighted by Crippen LogP contribution is 2.40. The minimum atomic E-state index is -1.14. The molecule has 20 atom stereocenters. The first-order valence-corrected chi connectivity index (χ1v) is 20.6. The Kier molecular flexibility index (Phi) is 18.0. The smallest absolute Gasteiger partial charge is 0.311 e. The number of Topliss-reactive ketones (excluding diaryl/α,β-unsaturated/α-hetero) is 1. The number of carbonyl (C=O) groups excluding carboxylic acids is 4. The predicted molar refractivity (Wildman–Crippen MR) is 206 cm³/mol. The Morgan fingerprint density at radius 1 is 0.825 bits per heavy atom. The van der Waals surface area contributed by atoms with Gasteiger partial charge in [0.25, 0.3) is 0 Å². The first-order chi connectivity index (χ1) is 26.5. The fourth-order valence-corrected chi connectivity index (χ4v) is 9.13. The van der Waals surface area contributed by atoms with Crippen LogP contribution in [0.2, 0.25) is 0 Å². The summed E-state index contributed by atoms with van der Waals surface area (Å²) in [5.74, 6) is -6.55. The zero-order valence-electron chi connectivity index (χ0n) is 36.8. The summed E-state index contributed by atoms with van der Waals surface area (Å²) < 4.78 is 55.4. The third kappa shape index (κ3) is 12.0. The van der Waals surface area contributed by atoms with Gasteiger partial charge >= 0.3 is 17.9 Å². The van der Waals surface area contributed by atoms with Crippen LogP contribution >= 0.6 is 0 Å². The van der Waals surface area contributed by atoms with E-state index in [-0.39, 0.29) is 24.2 Å². The zero-order chi connectivity index (χ0) is 43.3. The highest BCUT2D eigenvalue weighted by Gasteiger charge is 2.52. The molecule has 15 heteroatoms. The molecular weight excluding hydrogens is 744 g/mol. The van der Waals surface area contributed by atoms with E-state index >= 15 is 0 Å². The fourth-order valence-electron chi connectivity index (χ4n) is 9.13. The van der Waals surface area contributed by atoms with Gasteiger partial charge in [0.15, 0.2) is 18.7 Å². The first-order valence-electron chi connectivity index (χ1n) is 20.6. The molecule has 3 saturated heterocycles. The maximum absolute atomic E-state index is 14.6. The average molecular weight is 817 g/mol. The molecule has 3 aliphatic rings. The normalized spacial score (nSPS) is 43.9. The topological polar surface area (TPSA) is 192 Å². The summed E-state index contributed by atoms with van der Waals surface area (Å²) in [5.41, 5.74) is -1.03. The molecule has 0 spiro atoms. The lowest BCUT2D eigenvalue weighted by Gasteiger charge is -2.48. The first kappa shape index (κ1) is 49.1. The molecule has 15 nitrogen and oxygen atoms in total. The second-order valence-corrected chi connectivity index (χ2v) is 17.4. The zero-order valence-corrected chi connectivity index (χ0v) is 36.8. The van der Waals surface area contributed by atoms with Gasteiger partial charge in [-0.1, -0.05) is 41.5 Å². The Labute approximate surface area is 339 Å². The highest BCUT2D eigenvalue weighted by molar-refractivity contribution is 5.83. The van der Waals surface area contributed by atoms with Crippen LogP contribution in [0.1, 0.15) is 109 Å². The van der Waals surface area contributed by atoms with Crippen molar-refractivity contribution in [3.8, 4) is 0 Å². The number of hydrogen-bond acceptors (Lipinski definition) is 15. The van der Waals surface area contributed by atoms with E-state index in [0.29, 0.717) is 12.8 Å². The predicted octanol–water partition coefficient (Wildman–Crippen LogP) is 4.39. The summed E-state index contributed by atoms with van der Waals surface area (Å²) >= 11 is 0. The van der Waals surface area contributed by atoms with Crippen LogP contribution in [-0.2, 0) is 61.8 Å². The highest BCUT2D eigenvalue weighted by atomic mass is 16.7. The number of ketones is 1. The van der Waals surface area contributed by atoms with Gasteiger partial charge in [0.05, 0.1) is 48.5 Å². The standard InChI is InChI=1S/C42H72O15/c1-19-16-20(2)35(57-41-34(47)31(49-14)17-21(3)51-41)24(6)38(55-32-18-42(13,50-15)39(28(10)52-32)54-30(12)45)26(8)40(48)56-36(22(4)27(9)43)25(7)37(53-29(11)44)23(5)33(19)46/h19-28,31-32,34-39,41,43,47H,16-18H2,1-15H3. The maximum Gasteiger partial charge on any atom is 0.311 e. The molecule has 0 saturated carbocycles. The van der Waals surface area contributed by atoms with Crippen molar-refractivity contribution < 1.29 is 72.0 Å². The van der Waals surface area contributed by atoms with Crippen molar-refractivity contribution in [3.63, 3.8) is 0 Å². The lowest BCUT2D eigenvalue weighted by atomic mass is 9.75. The monoisotopic (exact) mass is 816 g/mol. The van der Waals surface area contributed by atoms with Gasteiger partial charge in [0.1, 0.15) is 29.7 Å². The summed E-state index contributed by atoms with van der Waals surface area (Å²) in [6.45, 7) is 22.1. The Bertz CT molecular complexity index is 1340. The van der Waals surface area contributed by atoms with Crippen LogP contribution < -0.4 is 0 Å². The van der Waals surface area contributed by atoms with E-state index in [1.54, 1.807) is 48.5 Å². The molecule has 330 valence electrons. The van der Waals surface area contributed by atoms with E-state index < -0.39 is 127 Å². The minimum Gasteiger partial charge on any atom is -0.461 e. The SMILES string of the molecule is COC1CC(C)OC(OC2C(C)CC(C)C(=O)C(C)C(OC(C)=O)C(C)C(C(C)C(C)O)OC(=O)C(C)C(OC3CC(C)(OC)C(OC(C)=O)C(C)O3)C2C)C1O. The minimum absolute atomic E-state index is 0.127. The van der Waals surface area contributed by atoms with Crippen molar-refractivity contribution in [1.82, 2.24) is 0 Å². The number of aliphatic hydroxyl groups is 2. The summed E-state index contributed by atoms with van der Waals surface area (Å²) in [6, 6.07) is 0. The van der Waals surface area contributed by atoms with Gasteiger partial charge in [0.2, 0.25) is 0 Å². The molecule has 0 radical (unpaired) electrons. The van der Waals surface area contributed by atoms with Crippen LogP contribution in [0.4, 0.5) is 0 Å². The largest absolute Gasteiger partial charge is 0.461 e.